The second-order valence-electron chi connectivity index (χ2n) is 5.44. The van der Waals surface area contributed by atoms with Crippen molar-refractivity contribution in [3.63, 3.8) is 0 Å². The van der Waals surface area contributed by atoms with Crippen LogP contribution in [0.1, 0.15) is 38.2 Å². The van der Waals surface area contributed by atoms with Crippen LogP contribution in [-0.2, 0) is 10.2 Å². The lowest BCUT2D eigenvalue weighted by atomic mass is 9.94. The largest absolute Gasteiger partial charge is 0.399 e. The van der Waals surface area contributed by atoms with Crippen molar-refractivity contribution in [2.75, 3.05) is 12.3 Å². The number of rotatable bonds is 6. The van der Waals surface area contributed by atoms with Crippen molar-refractivity contribution in [3.8, 4) is 0 Å². The Balaban J connectivity index is 2.00. The second-order valence-corrected chi connectivity index (χ2v) is 5.44. The molecular weight excluding hydrogens is 240 g/mol. The van der Waals surface area contributed by atoms with Gasteiger partial charge in [-0.2, -0.15) is 0 Å². The Morgan fingerprint density at radius 2 is 2.05 bits per heavy atom. The molecular formula is C15H22N2O2. The zero-order valence-electron chi connectivity index (χ0n) is 11.4. The van der Waals surface area contributed by atoms with Crippen molar-refractivity contribution >= 4 is 11.6 Å². The van der Waals surface area contributed by atoms with Gasteiger partial charge in [0, 0.05) is 18.3 Å². The Morgan fingerprint density at radius 1 is 1.42 bits per heavy atom. The van der Waals surface area contributed by atoms with Crippen LogP contribution in [0.5, 0.6) is 0 Å². The zero-order valence-corrected chi connectivity index (χ0v) is 11.4. The first-order chi connectivity index (χ1) is 9.08. The summed E-state index contributed by atoms with van der Waals surface area (Å²) in [6, 6.07) is 7.68. The average Bonchev–Trinajstić information content (AvgIpc) is 3.18. The summed E-state index contributed by atoms with van der Waals surface area (Å²) >= 11 is 0. The van der Waals surface area contributed by atoms with Crippen LogP contribution in [0.25, 0.3) is 0 Å². The molecule has 2 rings (SSSR count). The highest BCUT2D eigenvalue weighted by atomic mass is 16.3. The van der Waals surface area contributed by atoms with E-state index in [0.29, 0.717) is 0 Å². The number of carbonyl (C=O) groups excluding carboxylic acids is 1. The molecule has 1 unspecified atom stereocenters. The van der Waals surface area contributed by atoms with E-state index in [1.54, 1.807) is 0 Å². The maximum atomic E-state index is 12.4. The molecule has 1 aromatic rings. The van der Waals surface area contributed by atoms with Crippen LogP contribution >= 0.6 is 0 Å². The van der Waals surface area contributed by atoms with Crippen LogP contribution in [0.15, 0.2) is 24.3 Å². The van der Waals surface area contributed by atoms with E-state index in [2.05, 4.69) is 5.32 Å². The minimum Gasteiger partial charge on any atom is -0.399 e. The first-order valence-electron chi connectivity index (χ1n) is 6.86. The molecule has 0 aliphatic heterocycles. The van der Waals surface area contributed by atoms with E-state index in [1.165, 1.54) is 0 Å². The molecule has 4 N–H and O–H groups in total. The van der Waals surface area contributed by atoms with E-state index in [4.69, 9.17) is 10.8 Å². The number of anilines is 1. The van der Waals surface area contributed by atoms with Gasteiger partial charge in [-0.05, 0) is 50.3 Å². The molecule has 1 aliphatic rings. The Hall–Kier alpha value is -1.55. The molecule has 1 aliphatic carbocycles. The van der Waals surface area contributed by atoms with Crippen LogP contribution in [0.4, 0.5) is 5.69 Å². The predicted octanol–water partition coefficient (Wildman–Crippen LogP) is 1.58. The SMILES string of the molecule is CC(CCCO)NC(=O)C1(c2ccc(N)cc2)CC1. The minimum absolute atomic E-state index is 0.0997. The summed E-state index contributed by atoms with van der Waals surface area (Å²) in [6.07, 6.45) is 3.32. The number of nitrogen functional groups attached to an aromatic ring is 1. The maximum Gasteiger partial charge on any atom is 0.230 e. The fraction of sp³-hybridized carbons (Fsp3) is 0.533. The molecule has 0 heterocycles. The standard InChI is InChI=1S/C15H22N2O2/c1-11(3-2-10-18)17-14(19)15(8-9-15)12-4-6-13(16)7-5-12/h4-7,11,18H,2-3,8-10,16H2,1H3,(H,17,19). The van der Waals surface area contributed by atoms with Gasteiger partial charge in [0.2, 0.25) is 5.91 Å². The molecule has 1 amide bonds. The van der Waals surface area contributed by atoms with Crippen molar-refractivity contribution in [2.45, 2.75) is 44.1 Å². The number of nitrogens with one attached hydrogen (secondary N) is 1. The third kappa shape index (κ3) is 3.07. The number of aliphatic hydroxyl groups is 1. The van der Waals surface area contributed by atoms with Gasteiger partial charge in [-0.25, -0.2) is 0 Å². The molecule has 1 saturated carbocycles. The Kier molecular flexibility index (Phi) is 4.10. The van der Waals surface area contributed by atoms with Gasteiger partial charge in [0.15, 0.2) is 0 Å². The fourth-order valence-corrected chi connectivity index (χ4v) is 2.41. The van der Waals surface area contributed by atoms with Gasteiger partial charge in [0.25, 0.3) is 0 Å². The van der Waals surface area contributed by atoms with Crippen molar-refractivity contribution in [1.29, 1.82) is 0 Å². The van der Waals surface area contributed by atoms with Gasteiger partial charge in [-0.1, -0.05) is 12.1 Å². The molecule has 1 aromatic carbocycles. The van der Waals surface area contributed by atoms with Gasteiger partial charge < -0.3 is 16.2 Å². The van der Waals surface area contributed by atoms with Gasteiger partial charge in [0.1, 0.15) is 0 Å². The van der Waals surface area contributed by atoms with Gasteiger partial charge in [0.05, 0.1) is 5.41 Å². The van der Waals surface area contributed by atoms with E-state index >= 15 is 0 Å². The van der Waals surface area contributed by atoms with E-state index in [1.807, 2.05) is 31.2 Å². The number of carbonyl (C=O) groups is 1. The summed E-state index contributed by atoms with van der Waals surface area (Å²) in [5.74, 6) is 0.0997. The quantitative estimate of drug-likeness (QED) is 0.681. The summed E-state index contributed by atoms with van der Waals surface area (Å²) in [5, 5.41) is 11.9. The number of aliphatic hydroxyl groups excluding tert-OH is 1. The predicted molar refractivity (Wildman–Crippen MR) is 75.7 cm³/mol. The molecule has 0 spiro atoms. The highest BCUT2D eigenvalue weighted by Gasteiger charge is 2.51. The molecule has 0 saturated heterocycles. The Labute approximate surface area is 114 Å². The summed E-state index contributed by atoms with van der Waals surface area (Å²) < 4.78 is 0. The maximum absolute atomic E-state index is 12.4. The number of benzene rings is 1. The van der Waals surface area contributed by atoms with Gasteiger partial charge >= 0.3 is 0 Å². The van der Waals surface area contributed by atoms with Gasteiger partial charge in [-0.15, -0.1) is 0 Å². The lowest BCUT2D eigenvalue weighted by Gasteiger charge is -2.20. The van der Waals surface area contributed by atoms with Crippen LogP contribution in [0.3, 0.4) is 0 Å². The van der Waals surface area contributed by atoms with Crippen molar-refractivity contribution in [1.82, 2.24) is 5.32 Å². The van der Waals surface area contributed by atoms with Crippen LogP contribution in [0, 0.1) is 0 Å². The van der Waals surface area contributed by atoms with E-state index in [9.17, 15) is 4.79 Å². The second kappa shape index (κ2) is 5.61. The molecule has 1 atom stereocenters. The molecule has 19 heavy (non-hydrogen) atoms. The van der Waals surface area contributed by atoms with Crippen molar-refractivity contribution in [3.05, 3.63) is 29.8 Å². The smallest absolute Gasteiger partial charge is 0.230 e. The summed E-state index contributed by atoms with van der Waals surface area (Å²) in [7, 11) is 0. The monoisotopic (exact) mass is 262 g/mol. The number of hydrogen-bond acceptors (Lipinski definition) is 3. The summed E-state index contributed by atoms with van der Waals surface area (Å²) in [4.78, 5) is 12.4. The highest BCUT2D eigenvalue weighted by Crippen LogP contribution is 2.48. The van der Waals surface area contributed by atoms with E-state index in [0.717, 1.165) is 36.9 Å². The lowest BCUT2D eigenvalue weighted by Crippen LogP contribution is -2.40. The minimum atomic E-state index is -0.346. The van der Waals surface area contributed by atoms with E-state index in [-0.39, 0.29) is 24.0 Å². The number of amides is 1. The Bertz CT molecular complexity index is 438. The number of nitrogens with two attached hydrogens (primary N) is 1. The first-order valence-corrected chi connectivity index (χ1v) is 6.86. The third-order valence-corrected chi connectivity index (χ3v) is 3.82. The van der Waals surface area contributed by atoms with Crippen LogP contribution < -0.4 is 11.1 Å². The molecule has 0 radical (unpaired) electrons. The average molecular weight is 262 g/mol. The van der Waals surface area contributed by atoms with Crippen LogP contribution in [0.2, 0.25) is 0 Å². The molecule has 4 heteroatoms. The van der Waals surface area contributed by atoms with Crippen LogP contribution in [-0.4, -0.2) is 23.7 Å². The van der Waals surface area contributed by atoms with Gasteiger partial charge in [-0.3, -0.25) is 4.79 Å². The van der Waals surface area contributed by atoms with Crippen molar-refractivity contribution in [2.24, 2.45) is 0 Å². The molecule has 0 bridgehead atoms. The summed E-state index contributed by atoms with van der Waals surface area (Å²) in [6.45, 7) is 2.15. The molecule has 1 fully saturated rings. The summed E-state index contributed by atoms with van der Waals surface area (Å²) in [5.41, 5.74) is 7.10. The topological polar surface area (TPSA) is 75.3 Å². The number of hydrogen-bond donors (Lipinski definition) is 3. The zero-order chi connectivity index (χ0) is 13.9. The molecule has 0 aromatic heterocycles. The third-order valence-electron chi connectivity index (χ3n) is 3.82. The molecule has 4 nitrogen and oxygen atoms in total. The fourth-order valence-electron chi connectivity index (χ4n) is 2.41. The van der Waals surface area contributed by atoms with Crippen molar-refractivity contribution < 1.29 is 9.90 Å². The molecule has 104 valence electrons. The highest BCUT2D eigenvalue weighted by molar-refractivity contribution is 5.91. The van der Waals surface area contributed by atoms with E-state index < -0.39 is 0 Å². The normalized spacial score (nSPS) is 17.8. The first kappa shape index (κ1) is 13.9. The Morgan fingerprint density at radius 3 is 2.58 bits per heavy atom. The lowest BCUT2D eigenvalue weighted by molar-refractivity contribution is -0.124.